The highest BCUT2D eigenvalue weighted by Gasteiger charge is 2.49. The summed E-state index contributed by atoms with van der Waals surface area (Å²) in [5.41, 5.74) is 0.890. The van der Waals surface area contributed by atoms with Gasteiger partial charge in [0.1, 0.15) is 24.7 Å². The minimum atomic E-state index is -1.12. The average molecular weight is 762 g/mol. The number of epoxide rings is 1. The Morgan fingerprint density at radius 2 is 1.42 bits per heavy atom. The van der Waals surface area contributed by atoms with Crippen molar-refractivity contribution in [2.45, 2.75) is 90.4 Å². The van der Waals surface area contributed by atoms with Gasteiger partial charge in [0.2, 0.25) is 23.5 Å². The summed E-state index contributed by atoms with van der Waals surface area (Å²) in [5.74, 6) is -2.50. The van der Waals surface area contributed by atoms with E-state index in [2.05, 4.69) is 25.8 Å². The molecule has 2 aliphatic heterocycles. The topological polar surface area (TPSA) is 168 Å². The van der Waals surface area contributed by atoms with Gasteiger partial charge in [0.15, 0.2) is 5.60 Å². The maximum absolute atomic E-state index is 14.1. The molecule has 0 aromatic heterocycles. The highest BCUT2D eigenvalue weighted by Crippen LogP contribution is 2.28. The number of ketones is 1. The van der Waals surface area contributed by atoms with Crippen LogP contribution in [0.2, 0.25) is 0 Å². The van der Waals surface area contributed by atoms with Gasteiger partial charge in [0.05, 0.1) is 32.1 Å². The van der Waals surface area contributed by atoms with Crippen LogP contribution in [0.4, 0.5) is 0 Å². The van der Waals surface area contributed by atoms with Crippen LogP contribution in [0.15, 0.2) is 65.7 Å². The molecule has 4 rings (SSSR count). The molecular weight excluding hydrogens is 702 g/mol. The lowest BCUT2D eigenvalue weighted by molar-refractivity contribution is -0.134. The minimum absolute atomic E-state index is 0.0101. The lowest BCUT2D eigenvalue weighted by Crippen LogP contribution is -2.56. The first kappa shape index (κ1) is 43.4. The summed E-state index contributed by atoms with van der Waals surface area (Å²) in [4.78, 5) is 74.8. The van der Waals surface area contributed by atoms with Crippen LogP contribution in [0.1, 0.15) is 65.0 Å². The summed E-state index contributed by atoms with van der Waals surface area (Å²) in [7, 11) is 0. The minimum Gasteiger partial charge on any atom is -0.379 e. The summed E-state index contributed by atoms with van der Waals surface area (Å²) in [6.07, 6.45) is 1.45. The molecule has 2 saturated heterocycles. The molecule has 0 radical (unpaired) electrons. The van der Waals surface area contributed by atoms with Gasteiger partial charge in [0, 0.05) is 26.1 Å². The molecule has 13 nitrogen and oxygen atoms in total. The first-order chi connectivity index (χ1) is 26.3. The van der Waals surface area contributed by atoms with Crippen LogP contribution in [-0.4, -0.2) is 116 Å². The fraction of sp³-hybridized carbons (Fsp3) is 0.571. The Morgan fingerprint density at radius 3 is 2.02 bits per heavy atom. The Hall–Kier alpha value is -4.30. The molecule has 3 N–H and O–H groups in total. The standard InChI is InChI=1S/C42H59N5O8/c1-29(2)24-34(38(49)42(5)28-55-42)44-41(52)36(26-32-14-10-7-11-15-32)46-40(51)35(25-30(3)4)45-39(50)33(17-16-31-12-8-6-9-13-31)43-37(48)27-54-23-20-47-18-21-53-22-19-47/h6-15,29-30,33,35-36H,16-28H2,1-5H3,(H,43,48)(H,45,50)(H,46,51)/t33?,35?,36-,42?/m0/s1. The number of benzene rings is 2. The summed E-state index contributed by atoms with van der Waals surface area (Å²) in [6, 6.07) is 15.7. The van der Waals surface area contributed by atoms with E-state index >= 15 is 0 Å². The van der Waals surface area contributed by atoms with Gasteiger partial charge in [-0.15, -0.1) is 0 Å². The molecule has 2 aromatic carbocycles. The third-order valence-electron chi connectivity index (χ3n) is 9.51. The second-order valence-corrected chi connectivity index (χ2v) is 15.4. The van der Waals surface area contributed by atoms with Crippen molar-refractivity contribution in [3.63, 3.8) is 0 Å². The van der Waals surface area contributed by atoms with Gasteiger partial charge >= 0.3 is 0 Å². The number of amides is 4. The molecule has 3 unspecified atom stereocenters. The number of Topliss-reactive ketones (excluding diaryl/α,β-unsaturated/α-hetero) is 1. The molecule has 0 spiro atoms. The van der Waals surface area contributed by atoms with Crippen molar-refractivity contribution in [2.24, 2.45) is 16.8 Å². The van der Waals surface area contributed by atoms with E-state index in [9.17, 15) is 24.0 Å². The number of carbonyl (C=O) groups excluding carboxylic acids is 5. The molecule has 2 aromatic rings. The highest BCUT2D eigenvalue weighted by molar-refractivity contribution is 6.44. The van der Waals surface area contributed by atoms with Crippen molar-refractivity contribution < 1.29 is 38.2 Å². The van der Waals surface area contributed by atoms with Gasteiger partial charge in [-0.05, 0) is 55.6 Å². The van der Waals surface area contributed by atoms with E-state index in [1.54, 1.807) is 6.92 Å². The van der Waals surface area contributed by atoms with E-state index in [1.165, 1.54) is 0 Å². The quantitative estimate of drug-likeness (QED) is 0.0929. The maximum atomic E-state index is 14.1. The second kappa shape index (κ2) is 21.7. The number of aliphatic imine (C=N–C) groups is 1. The molecule has 2 fully saturated rings. The Kier molecular flexibility index (Phi) is 17.1. The van der Waals surface area contributed by atoms with E-state index in [0.717, 1.165) is 24.2 Å². The van der Waals surface area contributed by atoms with Crippen LogP contribution in [0.5, 0.6) is 0 Å². The van der Waals surface area contributed by atoms with E-state index in [0.29, 0.717) is 32.8 Å². The number of ether oxygens (including phenoxy) is 3. The number of carbonyl (C=O) groups is 5. The normalized spacial score (nSPS) is 19.0. The number of hydrogen-bond donors (Lipinski definition) is 3. The Bertz CT molecular complexity index is 1590. The average Bonchev–Trinajstić information content (AvgIpc) is 3.92. The van der Waals surface area contributed by atoms with Crippen LogP contribution in [0, 0.1) is 11.8 Å². The maximum Gasteiger partial charge on any atom is 0.268 e. The first-order valence-corrected chi connectivity index (χ1v) is 19.5. The van der Waals surface area contributed by atoms with Gasteiger partial charge in [0.25, 0.3) is 5.91 Å². The Balaban J connectivity index is 1.49. The van der Waals surface area contributed by atoms with E-state index in [-0.39, 0.29) is 62.2 Å². The van der Waals surface area contributed by atoms with Gasteiger partial charge in [-0.25, -0.2) is 4.99 Å². The second-order valence-electron chi connectivity index (χ2n) is 15.4. The van der Waals surface area contributed by atoms with Gasteiger partial charge in [-0.3, -0.25) is 28.9 Å². The third kappa shape index (κ3) is 15.0. The van der Waals surface area contributed by atoms with Crippen LogP contribution in [-0.2, 0) is 51.0 Å². The molecule has 4 amide bonds. The van der Waals surface area contributed by atoms with Crippen molar-refractivity contribution in [3.05, 3.63) is 71.8 Å². The van der Waals surface area contributed by atoms with Gasteiger partial charge in [-0.2, -0.15) is 0 Å². The Labute approximate surface area is 325 Å². The molecule has 2 heterocycles. The molecule has 55 heavy (non-hydrogen) atoms. The van der Waals surface area contributed by atoms with E-state index < -0.39 is 47.4 Å². The van der Waals surface area contributed by atoms with Crippen molar-refractivity contribution in [2.75, 3.05) is 52.7 Å². The number of hydrogen-bond acceptors (Lipinski definition) is 9. The summed E-state index contributed by atoms with van der Waals surface area (Å²) in [6.45, 7) is 13.4. The smallest absolute Gasteiger partial charge is 0.268 e. The van der Waals surface area contributed by atoms with Crippen molar-refractivity contribution >= 4 is 35.1 Å². The van der Waals surface area contributed by atoms with Crippen molar-refractivity contribution in [1.82, 2.24) is 20.9 Å². The number of rotatable bonds is 22. The molecule has 0 bridgehead atoms. The predicted molar refractivity (Wildman–Crippen MR) is 209 cm³/mol. The zero-order valence-corrected chi connectivity index (χ0v) is 33.0. The lowest BCUT2D eigenvalue weighted by atomic mass is 9.96. The van der Waals surface area contributed by atoms with Gasteiger partial charge < -0.3 is 30.2 Å². The molecule has 2 aliphatic rings. The third-order valence-corrected chi connectivity index (χ3v) is 9.51. The van der Waals surface area contributed by atoms with E-state index in [1.807, 2.05) is 88.4 Å². The fourth-order valence-electron chi connectivity index (χ4n) is 6.27. The van der Waals surface area contributed by atoms with Gasteiger partial charge in [-0.1, -0.05) is 88.4 Å². The molecule has 0 aliphatic carbocycles. The zero-order valence-electron chi connectivity index (χ0n) is 33.0. The summed E-state index contributed by atoms with van der Waals surface area (Å²) >= 11 is 0. The zero-order chi connectivity index (χ0) is 39.8. The number of nitrogens with one attached hydrogen (secondary N) is 3. The summed E-state index contributed by atoms with van der Waals surface area (Å²) in [5, 5.41) is 8.56. The van der Waals surface area contributed by atoms with Crippen molar-refractivity contribution in [3.8, 4) is 0 Å². The largest absolute Gasteiger partial charge is 0.379 e. The molecule has 300 valence electrons. The molecule has 13 heteroatoms. The number of nitrogens with zero attached hydrogens (tertiary/aromatic N) is 2. The van der Waals surface area contributed by atoms with Crippen LogP contribution >= 0.6 is 0 Å². The molecule has 4 atom stereocenters. The lowest BCUT2D eigenvalue weighted by Gasteiger charge is -2.26. The number of aryl methyl sites for hydroxylation is 1. The highest BCUT2D eigenvalue weighted by atomic mass is 16.6. The van der Waals surface area contributed by atoms with Crippen LogP contribution in [0.25, 0.3) is 0 Å². The van der Waals surface area contributed by atoms with Crippen LogP contribution < -0.4 is 16.0 Å². The predicted octanol–water partition coefficient (Wildman–Crippen LogP) is 3.08. The Morgan fingerprint density at radius 1 is 0.818 bits per heavy atom. The SMILES string of the molecule is CC(C)CC(=NC(=O)[C@H](Cc1ccccc1)NC(=O)C(CC(C)C)NC(=O)C(CCc1ccccc1)NC(=O)COCCN1CCOCC1)C(=O)C1(C)CO1. The first-order valence-electron chi connectivity index (χ1n) is 19.5. The number of morpholine rings is 1. The monoisotopic (exact) mass is 761 g/mol. The van der Waals surface area contributed by atoms with Crippen LogP contribution in [0.3, 0.4) is 0 Å². The van der Waals surface area contributed by atoms with Crippen molar-refractivity contribution in [1.29, 1.82) is 0 Å². The van der Waals surface area contributed by atoms with E-state index in [4.69, 9.17) is 14.2 Å². The molecule has 0 saturated carbocycles. The molecular formula is C42H59N5O8. The fourth-order valence-corrected chi connectivity index (χ4v) is 6.27. The summed E-state index contributed by atoms with van der Waals surface area (Å²) < 4.78 is 16.4.